The van der Waals surface area contributed by atoms with Crippen LogP contribution in [0, 0.1) is 18.3 Å². The van der Waals surface area contributed by atoms with E-state index < -0.39 is 5.97 Å². The summed E-state index contributed by atoms with van der Waals surface area (Å²) in [6, 6.07) is 6.59. The van der Waals surface area contributed by atoms with Gasteiger partial charge in [0.25, 0.3) is 5.56 Å². The van der Waals surface area contributed by atoms with Gasteiger partial charge in [-0.2, -0.15) is 5.26 Å². The van der Waals surface area contributed by atoms with Crippen LogP contribution < -0.4 is 15.0 Å². The highest BCUT2D eigenvalue weighted by molar-refractivity contribution is 7.20. The Kier molecular flexibility index (Phi) is 5.07. The summed E-state index contributed by atoms with van der Waals surface area (Å²) in [6.07, 6.45) is 3.82. The number of benzene rings is 1. The van der Waals surface area contributed by atoms with E-state index in [9.17, 15) is 9.59 Å². The zero-order valence-electron chi connectivity index (χ0n) is 16.2. The Balaban J connectivity index is 1.74. The van der Waals surface area contributed by atoms with Gasteiger partial charge in [0.15, 0.2) is 11.5 Å². The number of hydrogen-bond donors (Lipinski definition) is 0. The summed E-state index contributed by atoms with van der Waals surface area (Å²) in [5, 5.41) is 9.49. The highest BCUT2D eigenvalue weighted by Crippen LogP contribution is 2.32. The maximum absolute atomic E-state index is 13.0. The average molecular weight is 409 g/mol. The van der Waals surface area contributed by atoms with Crippen LogP contribution in [0.2, 0.25) is 0 Å². The zero-order valence-corrected chi connectivity index (χ0v) is 17.0. The second-order valence-corrected chi connectivity index (χ2v) is 7.90. The minimum absolute atomic E-state index is 0.0874. The van der Waals surface area contributed by atoms with Gasteiger partial charge in [-0.3, -0.25) is 9.36 Å². The molecule has 0 aliphatic carbocycles. The van der Waals surface area contributed by atoms with Crippen molar-refractivity contribution in [3.05, 3.63) is 50.4 Å². The van der Waals surface area contributed by atoms with Gasteiger partial charge in [0.2, 0.25) is 0 Å². The van der Waals surface area contributed by atoms with Gasteiger partial charge in [-0.1, -0.05) is 6.42 Å². The average Bonchev–Trinajstić information content (AvgIpc) is 2.89. The molecule has 0 radical (unpaired) electrons. The molecule has 3 heterocycles. The van der Waals surface area contributed by atoms with Crippen molar-refractivity contribution in [3.8, 4) is 17.6 Å². The number of ether oxygens (including phenoxy) is 2. The van der Waals surface area contributed by atoms with Crippen molar-refractivity contribution in [2.45, 2.75) is 39.2 Å². The van der Waals surface area contributed by atoms with Crippen molar-refractivity contribution in [2.75, 3.05) is 7.11 Å². The van der Waals surface area contributed by atoms with Crippen LogP contribution in [-0.4, -0.2) is 22.6 Å². The Morgan fingerprint density at radius 1 is 1.28 bits per heavy atom. The van der Waals surface area contributed by atoms with Gasteiger partial charge in [-0.15, -0.1) is 11.3 Å². The summed E-state index contributed by atoms with van der Waals surface area (Å²) in [6.45, 7) is 2.41. The Morgan fingerprint density at radius 3 is 2.86 bits per heavy atom. The second kappa shape index (κ2) is 7.68. The first-order valence-electron chi connectivity index (χ1n) is 9.36. The van der Waals surface area contributed by atoms with E-state index in [-0.39, 0.29) is 11.3 Å². The molecule has 0 atom stereocenters. The molecule has 4 rings (SSSR count). The van der Waals surface area contributed by atoms with Crippen LogP contribution >= 0.6 is 11.3 Å². The molecule has 3 aromatic rings. The van der Waals surface area contributed by atoms with Crippen molar-refractivity contribution in [2.24, 2.45) is 0 Å². The molecule has 0 fully saturated rings. The molecule has 8 heteroatoms. The molecule has 1 aliphatic rings. The number of nitrogens with zero attached hydrogens (tertiary/aromatic N) is 3. The molecule has 2 aromatic heterocycles. The fraction of sp³-hybridized carbons (Fsp3) is 0.333. The van der Waals surface area contributed by atoms with Gasteiger partial charge < -0.3 is 9.47 Å². The van der Waals surface area contributed by atoms with Gasteiger partial charge >= 0.3 is 5.97 Å². The highest BCUT2D eigenvalue weighted by atomic mass is 32.1. The largest absolute Gasteiger partial charge is 0.493 e. The van der Waals surface area contributed by atoms with E-state index >= 15 is 0 Å². The summed E-state index contributed by atoms with van der Waals surface area (Å²) in [4.78, 5) is 31.5. The van der Waals surface area contributed by atoms with Crippen LogP contribution in [0.25, 0.3) is 10.2 Å². The molecule has 1 aromatic carbocycles. The predicted molar refractivity (Wildman–Crippen MR) is 109 cm³/mol. The molecule has 0 unspecified atom stereocenters. The summed E-state index contributed by atoms with van der Waals surface area (Å²) >= 11 is 1.17. The zero-order chi connectivity index (χ0) is 20.5. The first-order valence-corrected chi connectivity index (χ1v) is 10.2. The van der Waals surface area contributed by atoms with E-state index in [0.717, 1.165) is 31.5 Å². The third-order valence-electron chi connectivity index (χ3n) is 5.09. The molecule has 0 saturated carbocycles. The van der Waals surface area contributed by atoms with Crippen molar-refractivity contribution in [3.63, 3.8) is 0 Å². The number of carbonyl (C=O) groups is 1. The molecule has 29 heavy (non-hydrogen) atoms. The maximum Gasteiger partial charge on any atom is 0.354 e. The smallest absolute Gasteiger partial charge is 0.354 e. The number of fused-ring (bicyclic) bond motifs is 2. The third kappa shape index (κ3) is 3.38. The Hall–Kier alpha value is -3.18. The minimum atomic E-state index is -0.576. The maximum atomic E-state index is 13.0. The number of aromatic nitrogens is 2. The summed E-state index contributed by atoms with van der Waals surface area (Å²) in [7, 11) is 1.44. The molecule has 0 amide bonds. The highest BCUT2D eigenvalue weighted by Gasteiger charge is 2.24. The summed E-state index contributed by atoms with van der Waals surface area (Å²) in [5.41, 5.74) is 0.897. The monoisotopic (exact) mass is 409 g/mol. The van der Waals surface area contributed by atoms with E-state index in [1.165, 1.54) is 30.6 Å². The molecule has 0 saturated heterocycles. The number of rotatable bonds is 3. The first-order chi connectivity index (χ1) is 14.0. The fourth-order valence-corrected chi connectivity index (χ4v) is 4.64. The normalized spacial score (nSPS) is 13.4. The van der Waals surface area contributed by atoms with Crippen molar-refractivity contribution >= 4 is 27.5 Å². The summed E-state index contributed by atoms with van der Waals surface area (Å²) in [5.74, 6) is 0.720. The van der Waals surface area contributed by atoms with E-state index in [2.05, 4.69) is 4.98 Å². The number of aryl methyl sites for hydroxylation is 2. The number of hydrogen-bond acceptors (Lipinski definition) is 7. The van der Waals surface area contributed by atoms with Gasteiger partial charge in [-0.25, -0.2) is 9.78 Å². The quantitative estimate of drug-likeness (QED) is 0.485. The van der Waals surface area contributed by atoms with Crippen LogP contribution in [0.15, 0.2) is 23.0 Å². The minimum Gasteiger partial charge on any atom is -0.493 e. The van der Waals surface area contributed by atoms with Crippen molar-refractivity contribution in [1.82, 2.24) is 9.55 Å². The number of esters is 1. The van der Waals surface area contributed by atoms with E-state index in [1.54, 1.807) is 17.6 Å². The Morgan fingerprint density at radius 2 is 2.10 bits per heavy atom. The Labute approximate surface area is 171 Å². The molecule has 1 aliphatic heterocycles. The molecular weight excluding hydrogens is 390 g/mol. The van der Waals surface area contributed by atoms with Crippen LogP contribution in [0.5, 0.6) is 11.5 Å². The molecule has 0 N–H and O–H groups in total. The lowest BCUT2D eigenvalue weighted by Gasteiger charge is -2.09. The van der Waals surface area contributed by atoms with Crippen LogP contribution in [0.1, 0.15) is 45.9 Å². The van der Waals surface area contributed by atoms with Crippen molar-refractivity contribution < 1.29 is 14.3 Å². The summed E-state index contributed by atoms with van der Waals surface area (Å²) < 4.78 is 12.5. The number of thiophene rings is 1. The van der Waals surface area contributed by atoms with Gasteiger partial charge in [0, 0.05) is 19.0 Å². The Bertz CT molecular complexity index is 1220. The van der Waals surface area contributed by atoms with Gasteiger partial charge in [0.1, 0.15) is 15.5 Å². The standard InChI is InChI=1S/C21H19N3O4S/c1-12-17-19(23-16-6-4-3-5-9-24(16)20(17)25)29-18(12)21(26)28-14-8-7-13(11-22)10-15(14)27-2/h7-8,10H,3-6,9H2,1-2H3. The van der Waals surface area contributed by atoms with Crippen LogP contribution in [0.4, 0.5) is 0 Å². The SMILES string of the molecule is COc1cc(C#N)ccc1OC(=O)c1sc2nc3n(c(=O)c2c1C)CCCCC3. The lowest BCUT2D eigenvalue weighted by atomic mass is 10.2. The van der Waals surface area contributed by atoms with Gasteiger partial charge in [0.05, 0.1) is 24.1 Å². The van der Waals surface area contributed by atoms with E-state index in [4.69, 9.17) is 14.7 Å². The van der Waals surface area contributed by atoms with Crippen LogP contribution in [0.3, 0.4) is 0 Å². The van der Waals surface area contributed by atoms with Crippen LogP contribution in [-0.2, 0) is 13.0 Å². The van der Waals surface area contributed by atoms with E-state index in [1.807, 2.05) is 6.07 Å². The van der Waals surface area contributed by atoms with Gasteiger partial charge in [-0.05, 0) is 37.5 Å². The lowest BCUT2D eigenvalue weighted by Crippen LogP contribution is -2.24. The molecule has 0 spiro atoms. The number of nitriles is 1. The number of methoxy groups -OCH3 is 1. The predicted octanol–water partition coefficient (Wildman–Crippen LogP) is 3.59. The first kappa shape index (κ1) is 19.2. The fourth-order valence-electron chi connectivity index (χ4n) is 3.57. The second-order valence-electron chi connectivity index (χ2n) is 6.90. The van der Waals surface area contributed by atoms with E-state index in [0.29, 0.717) is 38.5 Å². The van der Waals surface area contributed by atoms with Crippen molar-refractivity contribution in [1.29, 1.82) is 5.26 Å². The lowest BCUT2D eigenvalue weighted by molar-refractivity contribution is 0.0734. The third-order valence-corrected chi connectivity index (χ3v) is 6.26. The molecule has 0 bridgehead atoms. The molecule has 7 nitrogen and oxygen atoms in total. The molecule has 148 valence electrons. The number of carbonyl (C=O) groups excluding carboxylic acids is 1. The topological polar surface area (TPSA) is 94.2 Å². The molecular formula is C21H19N3O4S.